The summed E-state index contributed by atoms with van der Waals surface area (Å²) in [4.78, 5) is -0.0693. The van der Waals surface area contributed by atoms with Gasteiger partial charge in [0, 0.05) is 6.54 Å². The Morgan fingerprint density at radius 1 is 1.19 bits per heavy atom. The number of benzene rings is 1. The van der Waals surface area contributed by atoms with Crippen LogP contribution in [0.2, 0.25) is 0 Å². The van der Waals surface area contributed by atoms with Crippen molar-refractivity contribution in [2.45, 2.75) is 24.9 Å². The Kier molecular flexibility index (Phi) is 4.76. The predicted molar refractivity (Wildman–Crippen MR) is 76.6 cm³/mol. The first-order valence-corrected chi connectivity index (χ1v) is 7.88. The maximum Gasteiger partial charge on any atom is 0.241 e. The zero-order chi connectivity index (χ0) is 15.5. The lowest BCUT2D eigenvalue weighted by atomic mass is 10.2. The number of hydrogen-bond donors (Lipinski definition) is 2. The van der Waals surface area contributed by atoms with Crippen molar-refractivity contribution >= 4 is 10.0 Å². The quantitative estimate of drug-likeness (QED) is 0.855. The van der Waals surface area contributed by atoms with E-state index >= 15 is 0 Å². The first kappa shape index (κ1) is 15.7. The molecule has 0 unspecified atom stereocenters. The molecule has 0 spiro atoms. The van der Waals surface area contributed by atoms with E-state index in [1.54, 1.807) is 26.1 Å². The van der Waals surface area contributed by atoms with Crippen molar-refractivity contribution in [3.8, 4) is 0 Å². The highest BCUT2D eigenvalue weighted by Crippen LogP contribution is 2.18. The first-order valence-electron chi connectivity index (χ1n) is 6.40. The van der Waals surface area contributed by atoms with Gasteiger partial charge < -0.3 is 9.73 Å². The number of nitrogens with one attached hydrogen (secondary N) is 2. The van der Waals surface area contributed by atoms with Gasteiger partial charge in [0.15, 0.2) is 0 Å². The van der Waals surface area contributed by atoms with Crippen molar-refractivity contribution < 1.29 is 17.2 Å². The minimum Gasteiger partial charge on any atom is -0.465 e. The van der Waals surface area contributed by atoms with E-state index in [4.69, 9.17) is 4.42 Å². The molecule has 1 aromatic carbocycles. The average Bonchev–Trinajstić information content (AvgIpc) is 2.85. The fourth-order valence-electron chi connectivity index (χ4n) is 1.94. The van der Waals surface area contributed by atoms with E-state index in [2.05, 4.69) is 10.0 Å². The van der Waals surface area contributed by atoms with Crippen LogP contribution in [0.25, 0.3) is 0 Å². The molecule has 0 aliphatic rings. The van der Waals surface area contributed by atoms with Gasteiger partial charge >= 0.3 is 0 Å². The molecule has 2 aromatic rings. The Labute approximate surface area is 123 Å². The van der Waals surface area contributed by atoms with E-state index in [0.717, 1.165) is 6.07 Å². The molecule has 0 radical (unpaired) electrons. The van der Waals surface area contributed by atoms with Gasteiger partial charge in [-0.3, -0.25) is 0 Å². The maximum absolute atomic E-state index is 13.4. The molecule has 1 aromatic heterocycles. The third kappa shape index (κ3) is 3.90. The molecule has 0 atom stereocenters. The second-order valence-electron chi connectivity index (χ2n) is 4.62. The topological polar surface area (TPSA) is 71.3 Å². The van der Waals surface area contributed by atoms with E-state index < -0.39 is 15.8 Å². The van der Waals surface area contributed by atoms with Gasteiger partial charge in [0.25, 0.3) is 0 Å². The van der Waals surface area contributed by atoms with E-state index in [1.165, 1.54) is 12.1 Å². The van der Waals surface area contributed by atoms with Crippen LogP contribution in [0.15, 0.2) is 39.6 Å². The lowest BCUT2D eigenvalue weighted by Crippen LogP contribution is -2.25. The standard InChI is InChI=1S/C14H17FN2O3S/c1-10-3-6-13(20-10)9-17-21(18,19)14-7-12(15)5-4-11(14)8-16-2/h3-7,16-17H,8-9H2,1-2H3. The normalized spacial score (nSPS) is 11.8. The number of halogens is 1. The van der Waals surface area contributed by atoms with Gasteiger partial charge in [-0.15, -0.1) is 0 Å². The summed E-state index contributed by atoms with van der Waals surface area (Å²) in [6.07, 6.45) is 0. The molecule has 0 aliphatic carbocycles. The summed E-state index contributed by atoms with van der Waals surface area (Å²) in [5.41, 5.74) is 0.502. The SMILES string of the molecule is CNCc1ccc(F)cc1S(=O)(=O)NCc1ccc(C)o1. The van der Waals surface area contributed by atoms with Crippen LogP contribution < -0.4 is 10.0 Å². The molecule has 7 heteroatoms. The Morgan fingerprint density at radius 3 is 2.57 bits per heavy atom. The van der Waals surface area contributed by atoms with Gasteiger partial charge in [-0.1, -0.05) is 6.07 Å². The summed E-state index contributed by atoms with van der Waals surface area (Å²) in [6.45, 7) is 2.12. The highest BCUT2D eigenvalue weighted by Gasteiger charge is 2.19. The second kappa shape index (κ2) is 6.38. The molecule has 2 N–H and O–H groups in total. The molecular formula is C14H17FN2O3S. The Hall–Kier alpha value is -1.70. The van der Waals surface area contributed by atoms with Crippen LogP contribution in [-0.2, 0) is 23.1 Å². The first-order chi connectivity index (χ1) is 9.92. The van der Waals surface area contributed by atoms with Gasteiger partial charge in [-0.2, -0.15) is 0 Å². The second-order valence-corrected chi connectivity index (χ2v) is 6.35. The Balaban J connectivity index is 2.24. The van der Waals surface area contributed by atoms with Crippen molar-refractivity contribution in [3.05, 3.63) is 53.2 Å². The predicted octanol–water partition coefficient (Wildman–Crippen LogP) is 1.93. The monoisotopic (exact) mass is 312 g/mol. The van der Waals surface area contributed by atoms with Crippen LogP contribution >= 0.6 is 0 Å². The van der Waals surface area contributed by atoms with Crippen LogP contribution in [0.1, 0.15) is 17.1 Å². The van der Waals surface area contributed by atoms with Crippen molar-refractivity contribution in [1.29, 1.82) is 0 Å². The molecule has 0 fully saturated rings. The lowest BCUT2D eigenvalue weighted by molar-refractivity contribution is 0.475. The fraction of sp³-hybridized carbons (Fsp3) is 0.286. The minimum atomic E-state index is -3.81. The van der Waals surface area contributed by atoms with Crippen LogP contribution in [-0.4, -0.2) is 15.5 Å². The Bertz CT molecular complexity index is 726. The molecular weight excluding hydrogens is 295 g/mol. The van der Waals surface area contributed by atoms with Crippen molar-refractivity contribution in [3.63, 3.8) is 0 Å². The van der Waals surface area contributed by atoms with Gasteiger partial charge in [0.1, 0.15) is 17.3 Å². The summed E-state index contributed by atoms with van der Waals surface area (Å²) in [6, 6.07) is 7.15. The molecule has 114 valence electrons. The smallest absolute Gasteiger partial charge is 0.241 e. The zero-order valence-electron chi connectivity index (χ0n) is 11.8. The van der Waals surface area contributed by atoms with Gasteiger partial charge in [0.05, 0.1) is 11.4 Å². The van der Waals surface area contributed by atoms with Gasteiger partial charge in [-0.05, 0) is 43.8 Å². The number of sulfonamides is 1. The van der Waals surface area contributed by atoms with Crippen molar-refractivity contribution in [2.75, 3.05) is 7.05 Å². The molecule has 5 nitrogen and oxygen atoms in total. The van der Waals surface area contributed by atoms with Crippen LogP contribution in [0, 0.1) is 12.7 Å². The highest BCUT2D eigenvalue weighted by atomic mass is 32.2. The van der Waals surface area contributed by atoms with Crippen LogP contribution in [0.4, 0.5) is 4.39 Å². The summed E-state index contributed by atoms with van der Waals surface area (Å²) in [7, 11) is -2.12. The van der Waals surface area contributed by atoms with E-state index in [0.29, 0.717) is 23.6 Å². The van der Waals surface area contributed by atoms with E-state index in [1.807, 2.05) is 0 Å². The molecule has 0 bridgehead atoms. The van der Waals surface area contributed by atoms with Crippen molar-refractivity contribution in [1.82, 2.24) is 10.0 Å². The maximum atomic E-state index is 13.4. The number of rotatable bonds is 6. The molecule has 1 heterocycles. The largest absolute Gasteiger partial charge is 0.465 e. The number of furan rings is 1. The highest BCUT2D eigenvalue weighted by molar-refractivity contribution is 7.89. The Morgan fingerprint density at radius 2 is 1.95 bits per heavy atom. The molecule has 0 saturated heterocycles. The third-order valence-electron chi connectivity index (χ3n) is 2.92. The van der Waals surface area contributed by atoms with Crippen molar-refractivity contribution in [2.24, 2.45) is 0 Å². The zero-order valence-corrected chi connectivity index (χ0v) is 12.6. The van der Waals surface area contributed by atoms with Gasteiger partial charge in [-0.25, -0.2) is 17.5 Å². The number of aryl methyl sites for hydroxylation is 1. The fourth-order valence-corrected chi connectivity index (χ4v) is 3.18. The summed E-state index contributed by atoms with van der Waals surface area (Å²) in [5, 5.41) is 2.86. The lowest BCUT2D eigenvalue weighted by Gasteiger charge is -2.11. The molecule has 0 saturated carbocycles. The number of hydrogen-bond acceptors (Lipinski definition) is 4. The summed E-state index contributed by atoms with van der Waals surface area (Å²) in [5.74, 6) is 0.609. The van der Waals surface area contributed by atoms with E-state index in [-0.39, 0.29) is 11.4 Å². The average molecular weight is 312 g/mol. The molecule has 0 aliphatic heterocycles. The summed E-state index contributed by atoms with van der Waals surface area (Å²) < 4.78 is 45.7. The molecule has 0 amide bonds. The van der Waals surface area contributed by atoms with Gasteiger partial charge in [0.2, 0.25) is 10.0 Å². The minimum absolute atomic E-state index is 0.0195. The molecule has 21 heavy (non-hydrogen) atoms. The van der Waals surface area contributed by atoms with E-state index in [9.17, 15) is 12.8 Å². The van der Waals surface area contributed by atoms with Crippen LogP contribution in [0.5, 0.6) is 0 Å². The molecule has 2 rings (SSSR count). The van der Waals surface area contributed by atoms with Crippen LogP contribution in [0.3, 0.4) is 0 Å². The third-order valence-corrected chi connectivity index (χ3v) is 4.40. The summed E-state index contributed by atoms with van der Waals surface area (Å²) >= 11 is 0.